The molecular formula is C27H38N4O3S. The molecular weight excluding hydrogens is 460 g/mol. The Bertz CT molecular complexity index is 1060. The molecule has 2 heterocycles. The molecule has 2 fully saturated rings. The number of benzene rings is 2. The summed E-state index contributed by atoms with van der Waals surface area (Å²) in [6.45, 7) is 8.86. The van der Waals surface area contributed by atoms with Gasteiger partial charge in [0.15, 0.2) is 0 Å². The second-order valence-electron chi connectivity index (χ2n) is 9.61. The quantitative estimate of drug-likeness (QED) is 0.575. The van der Waals surface area contributed by atoms with E-state index in [1.54, 1.807) is 11.2 Å². The van der Waals surface area contributed by atoms with Crippen molar-refractivity contribution in [3.63, 3.8) is 0 Å². The van der Waals surface area contributed by atoms with E-state index < -0.39 is 10.0 Å². The minimum absolute atomic E-state index is 0.0765. The van der Waals surface area contributed by atoms with Crippen molar-refractivity contribution in [1.82, 2.24) is 19.4 Å². The molecule has 7 nitrogen and oxygen atoms in total. The molecule has 0 saturated carbocycles. The van der Waals surface area contributed by atoms with Crippen molar-refractivity contribution < 1.29 is 13.2 Å². The Morgan fingerprint density at radius 1 is 0.743 bits per heavy atom. The third-order valence-electron chi connectivity index (χ3n) is 7.04. The summed E-state index contributed by atoms with van der Waals surface area (Å²) in [5.41, 5.74) is 4.19. The largest absolute Gasteiger partial charge is 0.348 e. The number of nitrogens with one attached hydrogen (secondary N) is 1. The average Bonchev–Trinajstić information content (AvgIpc) is 2.89. The van der Waals surface area contributed by atoms with Crippen molar-refractivity contribution in [1.29, 1.82) is 0 Å². The number of nitrogens with zero attached hydrogens (tertiary/aromatic N) is 3. The molecule has 0 radical (unpaired) electrons. The molecule has 2 saturated heterocycles. The molecule has 2 aromatic carbocycles. The third-order valence-corrected chi connectivity index (χ3v) is 8.92. The molecule has 4 rings (SSSR count). The van der Waals surface area contributed by atoms with Crippen molar-refractivity contribution >= 4 is 15.9 Å². The SMILES string of the molecule is CCS(=O)(=O)N1CCN(Cc2ccc(C(=O)NCc3ccc(CN4CCCCC4)cc3)cc2)CC1. The highest BCUT2D eigenvalue weighted by Crippen LogP contribution is 2.15. The summed E-state index contributed by atoms with van der Waals surface area (Å²) in [4.78, 5) is 17.4. The maximum absolute atomic E-state index is 12.6. The van der Waals surface area contributed by atoms with Gasteiger partial charge in [0.05, 0.1) is 5.75 Å². The van der Waals surface area contributed by atoms with Crippen molar-refractivity contribution in [2.75, 3.05) is 45.0 Å². The van der Waals surface area contributed by atoms with E-state index in [1.807, 2.05) is 24.3 Å². The van der Waals surface area contributed by atoms with E-state index >= 15 is 0 Å². The number of amides is 1. The second-order valence-corrected chi connectivity index (χ2v) is 11.9. The predicted octanol–water partition coefficient (Wildman–Crippen LogP) is 3.07. The summed E-state index contributed by atoms with van der Waals surface area (Å²) in [7, 11) is -3.11. The van der Waals surface area contributed by atoms with Crippen LogP contribution in [-0.2, 0) is 29.7 Å². The molecule has 2 aliphatic heterocycles. The number of piperazine rings is 1. The average molecular weight is 499 g/mol. The molecule has 190 valence electrons. The van der Waals surface area contributed by atoms with Crippen LogP contribution in [0, 0.1) is 0 Å². The van der Waals surface area contributed by atoms with Crippen LogP contribution in [0.3, 0.4) is 0 Å². The van der Waals surface area contributed by atoms with Gasteiger partial charge < -0.3 is 5.32 Å². The van der Waals surface area contributed by atoms with Gasteiger partial charge >= 0.3 is 0 Å². The van der Waals surface area contributed by atoms with Gasteiger partial charge in [0, 0.05) is 51.4 Å². The smallest absolute Gasteiger partial charge is 0.251 e. The lowest BCUT2D eigenvalue weighted by atomic mass is 10.1. The molecule has 0 atom stereocenters. The number of rotatable bonds is 9. The van der Waals surface area contributed by atoms with Gasteiger partial charge in [-0.15, -0.1) is 0 Å². The van der Waals surface area contributed by atoms with Crippen molar-refractivity contribution in [3.05, 3.63) is 70.8 Å². The summed E-state index contributed by atoms with van der Waals surface area (Å²) in [6, 6.07) is 16.3. The number of likely N-dealkylation sites (tertiary alicyclic amines) is 1. The number of sulfonamides is 1. The van der Waals surface area contributed by atoms with Crippen LogP contribution < -0.4 is 5.32 Å². The highest BCUT2D eigenvalue weighted by molar-refractivity contribution is 7.89. The molecule has 2 aliphatic rings. The molecule has 35 heavy (non-hydrogen) atoms. The number of hydrogen-bond donors (Lipinski definition) is 1. The number of piperidine rings is 1. The Morgan fingerprint density at radius 2 is 1.26 bits per heavy atom. The molecule has 8 heteroatoms. The van der Waals surface area contributed by atoms with Gasteiger partial charge in [0.25, 0.3) is 5.91 Å². The van der Waals surface area contributed by atoms with E-state index in [0.29, 0.717) is 25.2 Å². The van der Waals surface area contributed by atoms with Crippen LogP contribution in [0.2, 0.25) is 0 Å². The summed E-state index contributed by atoms with van der Waals surface area (Å²) < 4.78 is 25.6. The van der Waals surface area contributed by atoms with Crippen molar-refractivity contribution in [2.24, 2.45) is 0 Å². The standard InChI is InChI=1S/C27H38N4O3S/c1-2-35(33,34)31-18-16-30(17-19-31)22-25-10-12-26(13-11-25)27(32)28-20-23-6-8-24(9-7-23)21-29-14-4-3-5-15-29/h6-13H,2-5,14-22H2,1H3,(H,28,32). The lowest BCUT2D eigenvalue weighted by Crippen LogP contribution is -2.48. The van der Waals surface area contributed by atoms with Gasteiger partial charge in [-0.3, -0.25) is 14.6 Å². The van der Waals surface area contributed by atoms with Crippen LogP contribution in [0.1, 0.15) is 53.2 Å². The fourth-order valence-corrected chi connectivity index (χ4v) is 5.88. The van der Waals surface area contributed by atoms with Gasteiger partial charge in [0.2, 0.25) is 10.0 Å². The van der Waals surface area contributed by atoms with E-state index in [1.165, 1.54) is 37.9 Å². The first-order valence-electron chi connectivity index (χ1n) is 12.8. The van der Waals surface area contributed by atoms with E-state index in [2.05, 4.69) is 39.4 Å². The van der Waals surface area contributed by atoms with Crippen LogP contribution in [0.4, 0.5) is 0 Å². The lowest BCUT2D eigenvalue weighted by molar-refractivity contribution is 0.0951. The normalized spacial score (nSPS) is 18.4. The van der Waals surface area contributed by atoms with Crippen LogP contribution in [0.5, 0.6) is 0 Å². The highest BCUT2D eigenvalue weighted by atomic mass is 32.2. The van der Waals surface area contributed by atoms with E-state index in [4.69, 9.17) is 0 Å². The van der Waals surface area contributed by atoms with Gasteiger partial charge in [0.1, 0.15) is 0 Å². The summed E-state index contributed by atoms with van der Waals surface area (Å²) in [6.07, 6.45) is 3.95. The van der Waals surface area contributed by atoms with Crippen LogP contribution in [0.25, 0.3) is 0 Å². The van der Waals surface area contributed by atoms with Gasteiger partial charge in [-0.2, -0.15) is 4.31 Å². The first-order valence-corrected chi connectivity index (χ1v) is 14.4. The minimum Gasteiger partial charge on any atom is -0.348 e. The Morgan fingerprint density at radius 3 is 1.83 bits per heavy atom. The monoisotopic (exact) mass is 498 g/mol. The summed E-state index contributed by atoms with van der Waals surface area (Å²) in [5.74, 6) is 0.0768. The zero-order valence-corrected chi connectivity index (χ0v) is 21.6. The van der Waals surface area contributed by atoms with Crippen molar-refractivity contribution in [3.8, 4) is 0 Å². The van der Waals surface area contributed by atoms with Crippen molar-refractivity contribution in [2.45, 2.75) is 45.8 Å². The third kappa shape index (κ3) is 7.36. The second kappa shape index (κ2) is 12.1. The fraction of sp³-hybridized carbons (Fsp3) is 0.519. The Hall–Kier alpha value is -2.26. The highest BCUT2D eigenvalue weighted by Gasteiger charge is 2.25. The molecule has 1 N–H and O–H groups in total. The molecule has 0 spiro atoms. The number of carbonyl (C=O) groups is 1. The minimum atomic E-state index is -3.11. The summed E-state index contributed by atoms with van der Waals surface area (Å²) in [5, 5.41) is 3.02. The molecule has 2 aromatic rings. The van der Waals surface area contributed by atoms with E-state index in [-0.39, 0.29) is 11.7 Å². The first kappa shape index (κ1) is 25.8. The molecule has 1 amide bonds. The number of hydrogen-bond acceptors (Lipinski definition) is 5. The van der Waals surface area contributed by atoms with Gasteiger partial charge in [-0.1, -0.05) is 42.8 Å². The first-order chi connectivity index (χ1) is 16.9. The predicted molar refractivity (Wildman–Crippen MR) is 139 cm³/mol. The van der Waals surface area contributed by atoms with Crippen LogP contribution >= 0.6 is 0 Å². The van der Waals surface area contributed by atoms with Crippen LogP contribution in [0.15, 0.2) is 48.5 Å². The zero-order valence-electron chi connectivity index (χ0n) is 20.8. The van der Waals surface area contributed by atoms with Crippen LogP contribution in [-0.4, -0.2) is 73.5 Å². The fourth-order valence-electron chi connectivity index (χ4n) is 4.79. The number of carbonyl (C=O) groups excluding carboxylic acids is 1. The van der Waals surface area contributed by atoms with Gasteiger partial charge in [-0.25, -0.2) is 8.42 Å². The molecule has 0 unspecified atom stereocenters. The molecule has 0 bridgehead atoms. The maximum Gasteiger partial charge on any atom is 0.251 e. The maximum atomic E-state index is 12.6. The van der Waals surface area contributed by atoms with Gasteiger partial charge in [-0.05, 0) is 61.7 Å². The Balaban J connectivity index is 1.21. The Kier molecular flexibility index (Phi) is 8.94. The lowest BCUT2D eigenvalue weighted by Gasteiger charge is -2.33. The molecule has 0 aliphatic carbocycles. The topological polar surface area (TPSA) is 73.0 Å². The van der Waals surface area contributed by atoms with E-state index in [0.717, 1.165) is 37.3 Å². The van der Waals surface area contributed by atoms with E-state index in [9.17, 15) is 13.2 Å². The summed E-state index contributed by atoms with van der Waals surface area (Å²) >= 11 is 0. The Labute approximate surface area is 210 Å². The zero-order chi connectivity index (χ0) is 24.7. The molecule has 0 aromatic heterocycles.